The van der Waals surface area contributed by atoms with Crippen molar-refractivity contribution in [3.63, 3.8) is 0 Å². The van der Waals surface area contributed by atoms with Gasteiger partial charge in [0.05, 0.1) is 0 Å². The Bertz CT molecular complexity index is 1030. The van der Waals surface area contributed by atoms with Crippen LogP contribution in [0.1, 0.15) is 47.8 Å². The summed E-state index contributed by atoms with van der Waals surface area (Å²) in [6.07, 6.45) is -1.10. The molecule has 2 aromatic rings. The van der Waals surface area contributed by atoms with Gasteiger partial charge in [-0.05, 0) is 42.3 Å². The normalized spacial score (nSPS) is 15.7. The molecule has 0 bridgehead atoms. The maximum Gasteiger partial charge on any atom is 0.283 e. The highest BCUT2D eigenvalue weighted by atomic mass is 79.9. The number of alkyl halides is 5. The summed E-state index contributed by atoms with van der Waals surface area (Å²) in [5, 5.41) is 3.41. The fourth-order valence-electron chi connectivity index (χ4n) is 2.94. The van der Waals surface area contributed by atoms with Crippen LogP contribution in [0.15, 0.2) is 50.9 Å². The highest BCUT2D eigenvalue weighted by Crippen LogP contribution is 2.38. The number of rotatable bonds is 6. The molecular weight excluding hydrogens is 532 g/mol. The van der Waals surface area contributed by atoms with Gasteiger partial charge in [-0.3, -0.25) is 0 Å². The molecule has 11 heteroatoms. The lowest BCUT2D eigenvalue weighted by molar-refractivity contribution is 0.0169. The number of benzene rings is 2. The van der Waals surface area contributed by atoms with E-state index in [-0.39, 0.29) is 18.1 Å². The Morgan fingerprint density at radius 1 is 1.12 bits per heavy atom. The Morgan fingerprint density at radius 2 is 1.81 bits per heavy atom. The molecule has 0 aliphatic carbocycles. The predicted octanol–water partition coefficient (Wildman–Crippen LogP) is 7.11. The van der Waals surface area contributed by atoms with E-state index in [0.717, 1.165) is 23.8 Å². The van der Waals surface area contributed by atoms with E-state index in [2.05, 4.69) is 31.2 Å². The average Bonchev–Trinajstić information content (AvgIpc) is 2.70. The van der Waals surface area contributed by atoms with Crippen LogP contribution in [0.4, 0.5) is 22.0 Å². The maximum atomic E-state index is 13.9. The predicted molar refractivity (Wildman–Crippen MR) is 127 cm³/mol. The molecule has 172 valence electrons. The van der Waals surface area contributed by atoms with Crippen LogP contribution < -0.4 is 5.32 Å². The number of hydrogen-bond donors (Lipinski definition) is 1. The van der Waals surface area contributed by atoms with Gasteiger partial charge < -0.3 is 5.32 Å². The summed E-state index contributed by atoms with van der Waals surface area (Å²) in [7, 11) is 1.36. The zero-order valence-electron chi connectivity index (χ0n) is 17.1. The van der Waals surface area contributed by atoms with Crippen LogP contribution in [-0.4, -0.2) is 17.7 Å². The van der Waals surface area contributed by atoms with E-state index in [0.29, 0.717) is 27.9 Å². The SMILES string of the molecule is CC(F)c1ccc(CSC2=NCN=C(c3cc(C(C)(F)F)cc(C(F)(F)P)c3)N2)cc1Br. The molecule has 0 aromatic heterocycles. The third-order valence-corrected chi connectivity index (χ3v) is 6.64. The molecule has 0 saturated heterocycles. The number of nitrogens with zero attached hydrogens (tertiary/aromatic N) is 2. The lowest BCUT2D eigenvalue weighted by Gasteiger charge is -2.20. The number of aliphatic imine (C=N–C) groups is 2. The Morgan fingerprint density at radius 3 is 2.41 bits per heavy atom. The third kappa shape index (κ3) is 6.29. The Balaban J connectivity index is 1.77. The first-order valence-electron chi connectivity index (χ1n) is 9.46. The molecule has 0 fully saturated rings. The van der Waals surface area contributed by atoms with Crippen LogP contribution in [-0.2, 0) is 17.3 Å². The maximum absolute atomic E-state index is 13.9. The fraction of sp³-hybridized carbons (Fsp3) is 0.333. The van der Waals surface area contributed by atoms with E-state index in [9.17, 15) is 22.0 Å². The van der Waals surface area contributed by atoms with Crippen molar-refractivity contribution in [1.82, 2.24) is 5.32 Å². The van der Waals surface area contributed by atoms with Gasteiger partial charge >= 0.3 is 0 Å². The lowest BCUT2D eigenvalue weighted by atomic mass is 10.0. The minimum Gasteiger partial charge on any atom is -0.319 e. The first-order valence-corrected chi connectivity index (χ1v) is 11.8. The fourth-order valence-corrected chi connectivity index (χ4v) is 4.65. The van der Waals surface area contributed by atoms with E-state index in [1.807, 2.05) is 12.1 Å². The van der Waals surface area contributed by atoms with Crippen LogP contribution in [0.3, 0.4) is 0 Å². The highest BCUT2D eigenvalue weighted by molar-refractivity contribution is 9.10. The summed E-state index contributed by atoms with van der Waals surface area (Å²) >= 11 is 4.70. The van der Waals surface area contributed by atoms with Crippen LogP contribution in [0.5, 0.6) is 0 Å². The molecule has 0 radical (unpaired) electrons. The van der Waals surface area contributed by atoms with Crippen molar-refractivity contribution in [3.8, 4) is 0 Å². The first-order chi connectivity index (χ1) is 14.8. The molecule has 1 aliphatic rings. The number of thioether (sulfide) groups is 1. The van der Waals surface area contributed by atoms with Crippen molar-refractivity contribution in [2.45, 2.75) is 37.4 Å². The molecule has 0 saturated carbocycles. The Kier molecular flexibility index (Phi) is 7.67. The summed E-state index contributed by atoms with van der Waals surface area (Å²) in [5.74, 6) is -2.61. The number of halogens is 6. The Labute approximate surface area is 197 Å². The minimum atomic E-state index is -3.37. The zero-order chi connectivity index (χ0) is 23.7. The van der Waals surface area contributed by atoms with Crippen molar-refractivity contribution >= 4 is 47.9 Å². The molecule has 0 spiro atoms. The van der Waals surface area contributed by atoms with E-state index in [1.54, 1.807) is 6.07 Å². The molecule has 1 heterocycles. The van der Waals surface area contributed by atoms with E-state index < -0.39 is 28.9 Å². The third-order valence-electron chi connectivity index (χ3n) is 4.64. The molecule has 32 heavy (non-hydrogen) atoms. The van der Waals surface area contributed by atoms with Crippen LogP contribution in [0.25, 0.3) is 0 Å². The van der Waals surface area contributed by atoms with Gasteiger partial charge in [0.1, 0.15) is 18.7 Å². The second kappa shape index (κ2) is 9.77. The molecule has 2 unspecified atom stereocenters. The van der Waals surface area contributed by atoms with Gasteiger partial charge in [0.25, 0.3) is 11.6 Å². The van der Waals surface area contributed by atoms with Crippen LogP contribution in [0.2, 0.25) is 0 Å². The van der Waals surface area contributed by atoms with Gasteiger partial charge in [0.15, 0.2) is 5.17 Å². The number of amidine groups is 2. The standard InChI is InChI=1S/C21H20BrF5N3PS/c1-11(23)16-4-3-12(5-17(16)22)9-32-19-29-10-28-18(30-19)13-6-14(20(2,24)25)8-15(7-13)21(26,27)31/h3-8,11H,9-10,31H2,1-2H3,(H,28,29,30). The summed E-state index contributed by atoms with van der Waals surface area (Å²) in [5.41, 5.74) is -2.86. The molecule has 3 rings (SSSR count). The second-order valence-electron chi connectivity index (χ2n) is 7.31. The van der Waals surface area contributed by atoms with Crippen molar-refractivity contribution < 1.29 is 22.0 Å². The summed E-state index contributed by atoms with van der Waals surface area (Å²) in [4.78, 5) is 8.40. The summed E-state index contributed by atoms with van der Waals surface area (Å²) < 4.78 is 69.7. The minimum absolute atomic E-state index is 0.0337. The molecular formula is C21H20BrF5N3PS. The largest absolute Gasteiger partial charge is 0.319 e. The molecule has 2 atom stereocenters. The van der Waals surface area contributed by atoms with E-state index >= 15 is 0 Å². The quantitative estimate of drug-likeness (QED) is 0.306. The lowest BCUT2D eigenvalue weighted by Crippen LogP contribution is -2.33. The van der Waals surface area contributed by atoms with Crippen molar-refractivity contribution in [1.29, 1.82) is 0 Å². The van der Waals surface area contributed by atoms with Gasteiger partial charge in [-0.15, -0.1) is 0 Å². The first kappa shape index (κ1) is 25.1. The van der Waals surface area contributed by atoms with Crippen molar-refractivity contribution in [3.05, 3.63) is 68.7 Å². The molecule has 0 amide bonds. The topological polar surface area (TPSA) is 36.8 Å². The van der Waals surface area contributed by atoms with Gasteiger partial charge in [-0.2, -0.15) is 8.78 Å². The van der Waals surface area contributed by atoms with E-state index in [4.69, 9.17) is 0 Å². The monoisotopic (exact) mass is 551 g/mol. The van der Waals surface area contributed by atoms with Crippen LogP contribution >= 0.6 is 36.9 Å². The number of nitrogens with one attached hydrogen (secondary N) is 1. The van der Waals surface area contributed by atoms with Gasteiger partial charge in [-0.25, -0.2) is 23.2 Å². The average molecular weight is 552 g/mol. The second-order valence-corrected chi connectivity index (χ2v) is 9.85. The molecule has 3 nitrogen and oxygen atoms in total. The van der Waals surface area contributed by atoms with Crippen molar-refractivity contribution in [2.24, 2.45) is 9.98 Å². The smallest absolute Gasteiger partial charge is 0.283 e. The highest BCUT2D eigenvalue weighted by Gasteiger charge is 2.32. The molecule has 1 N–H and O–H groups in total. The Hall–Kier alpha value is -1.51. The van der Waals surface area contributed by atoms with Crippen LogP contribution in [0, 0.1) is 0 Å². The molecule has 2 aromatic carbocycles. The number of hydrogen-bond acceptors (Lipinski definition) is 4. The summed E-state index contributed by atoms with van der Waals surface area (Å²) in [6.45, 7) is 2.15. The van der Waals surface area contributed by atoms with Crippen molar-refractivity contribution in [2.75, 3.05) is 6.67 Å². The van der Waals surface area contributed by atoms with E-state index in [1.165, 1.54) is 27.9 Å². The van der Waals surface area contributed by atoms with Gasteiger partial charge in [-0.1, -0.05) is 49.1 Å². The zero-order valence-corrected chi connectivity index (χ0v) is 20.7. The summed E-state index contributed by atoms with van der Waals surface area (Å²) in [6, 6.07) is 8.40. The van der Waals surface area contributed by atoms with Gasteiger partial charge in [0.2, 0.25) is 0 Å². The van der Waals surface area contributed by atoms with Gasteiger partial charge in [0, 0.05) is 33.8 Å². The molecule has 1 aliphatic heterocycles.